The van der Waals surface area contributed by atoms with Gasteiger partial charge in [0.1, 0.15) is 0 Å². The molecule has 0 saturated carbocycles. The van der Waals surface area contributed by atoms with Crippen LogP contribution in [0.4, 0.5) is 0 Å². The maximum absolute atomic E-state index is 6.18. The van der Waals surface area contributed by atoms with Crippen molar-refractivity contribution in [1.29, 1.82) is 0 Å². The van der Waals surface area contributed by atoms with Crippen LogP contribution < -0.4 is 0 Å². The summed E-state index contributed by atoms with van der Waals surface area (Å²) in [5.41, 5.74) is -0.164. The molecule has 1 heterocycles. The summed E-state index contributed by atoms with van der Waals surface area (Å²) in [6.07, 6.45) is 4.48. The van der Waals surface area contributed by atoms with E-state index < -0.39 is 8.32 Å². The van der Waals surface area contributed by atoms with Gasteiger partial charge in [-0.05, 0) is 46.3 Å². The van der Waals surface area contributed by atoms with Crippen molar-refractivity contribution in [2.75, 3.05) is 0 Å². The van der Waals surface area contributed by atoms with Crippen molar-refractivity contribution in [3.8, 4) is 0 Å². The van der Waals surface area contributed by atoms with Crippen LogP contribution in [0.5, 0.6) is 0 Å². The van der Waals surface area contributed by atoms with Crippen LogP contribution >= 0.6 is 0 Å². The Morgan fingerprint density at radius 1 is 1.33 bits per heavy atom. The summed E-state index contributed by atoms with van der Waals surface area (Å²) in [7, 11) is -1.50. The second-order valence-corrected chi connectivity index (χ2v) is 10.2. The zero-order valence-corrected chi connectivity index (χ0v) is 11.7. The highest BCUT2D eigenvalue weighted by molar-refractivity contribution is 6.69. The lowest BCUT2D eigenvalue weighted by Crippen LogP contribution is -2.46. The van der Waals surface area contributed by atoms with Crippen LogP contribution in [0.15, 0.2) is 12.7 Å². The van der Waals surface area contributed by atoms with Gasteiger partial charge in [0.25, 0.3) is 0 Å². The van der Waals surface area contributed by atoms with Crippen molar-refractivity contribution in [1.82, 2.24) is 0 Å². The largest absolute Gasteiger partial charge is 0.410 e. The summed E-state index contributed by atoms with van der Waals surface area (Å²) in [6, 6.07) is 0. The van der Waals surface area contributed by atoms with Crippen LogP contribution in [0.1, 0.15) is 26.7 Å². The highest BCUT2D eigenvalue weighted by Gasteiger charge is 2.39. The van der Waals surface area contributed by atoms with Gasteiger partial charge in [0.05, 0.1) is 17.8 Å². The summed E-state index contributed by atoms with van der Waals surface area (Å²) in [4.78, 5) is 0. The summed E-state index contributed by atoms with van der Waals surface area (Å²) in [5.74, 6) is 0. The second-order valence-electron chi connectivity index (χ2n) is 5.79. The first kappa shape index (κ1) is 12.9. The quantitative estimate of drug-likeness (QED) is 0.543. The molecule has 0 unspecified atom stereocenters. The minimum absolute atomic E-state index is 0.164. The van der Waals surface area contributed by atoms with Crippen molar-refractivity contribution in [3.63, 3.8) is 0 Å². The van der Waals surface area contributed by atoms with E-state index >= 15 is 0 Å². The molecule has 1 saturated heterocycles. The van der Waals surface area contributed by atoms with Gasteiger partial charge in [0, 0.05) is 0 Å². The molecule has 0 amide bonds. The van der Waals surface area contributed by atoms with Gasteiger partial charge in [-0.15, -0.1) is 6.58 Å². The van der Waals surface area contributed by atoms with Gasteiger partial charge in [-0.2, -0.15) is 0 Å². The molecule has 3 heteroatoms. The van der Waals surface area contributed by atoms with Gasteiger partial charge in [-0.25, -0.2) is 0 Å². The van der Waals surface area contributed by atoms with E-state index in [2.05, 4.69) is 40.1 Å². The fourth-order valence-corrected chi connectivity index (χ4v) is 3.91. The van der Waals surface area contributed by atoms with Crippen LogP contribution in [-0.2, 0) is 9.16 Å². The normalized spacial score (nSPS) is 28.1. The Kier molecular flexibility index (Phi) is 3.79. The second kappa shape index (κ2) is 4.40. The maximum atomic E-state index is 6.18. The van der Waals surface area contributed by atoms with Gasteiger partial charge >= 0.3 is 0 Å². The third-order valence-electron chi connectivity index (χ3n) is 2.66. The van der Waals surface area contributed by atoms with Gasteiger partial charge in [0.2, 0.25) is 0 Å². The first-order valence-electron chi connectivity index (χ1n) is 5.73. The molecule has 0 N–H and O–H groups in total. The molecule has 0 aliphatic carbocycles. The Morgan fingerprint density at radius 3 is 2.33 bits per heavy atom. The summed E-state index contributed by atoms with van der Waals surface area (Å²) >= 11 is 0. The van der Waals surface area contributed by atoms with E-state index in [1.54, 1.807) is 0 Å². The lowest BCUT2D eigenvalue weighted by atomic mass is 9.99. The van der Waals surface area contributed by atoms with E-state index in [9.17, 15) is 0 Å². The van der Waals surface area contributed by atoms with Crippen LogP contribution in [-0.4, -0.2) is 26.1 Å². The highest BCUT2D eigenvalue weighted by Crippen LogP contribution is 2.32. The SMILES string of the molecule is C=C[C@@H]1CC[C@H](C(C)(C)O[Si](C)(C)C)O1. The van der Waals surface area contributed by atoms with Crippen molar-refractivity contribution >= 4 is 8.32 Å². The van der Waals surface area contributed by atoms with E-state index in [4.69, 9.17) is 9.16 Å². The minimum atomic E-state index is -1.50. The summed E-state index contributed by atoms with van der Waals surface area (Å²) in [6.45, 7) is 14.7. The monoisotopic (exact) mass is 228 g/mol. The van der Waals surface area contributed by atoms with Gasteiger partial charge in [0.15, 0.2) is 8.32 Å². The Labute approximate surface area is 94.8 Å². The van der Waals surface area contributed by atoms with Crippen LogP contribution in [0, 0.1) is 0 Å². The predicted molar refractivity (Wildman–Crippen MR) is 66.6 cm³/mol. The van der Waals surface area contributed by atoms with Crippen molar-refractivity contribution in [2.24, 2.45) is 0 Å². The molecule has 0 aromatic heterocycles. The number of hydrogen-bond donors (Lipinski definition) is 0. The van der Waals surface area contributed by atoms with E-state index in [1.165, 1.54) is 0 Å². The Morgan fingerprint density at radius 2 is 1.93 bits per heavy atom. The van der Waals surface area contributed by atoms with Crippen molar-refractivity contribution in [2.45, 2.75) is 64.1 Å². The molecular weight excluding hydrogens is 204 g/mol. The van der Waals surface area contributed by atoms with Crippen molar-refractivity contribution in [3.05, 3.63) is 12.7 Å². The molecule has 1 aliphatic heterocycles. The average molecular weight is 228 g/mol. The van der Waals surface area contributed by atoms with E-state index in [0.717, 1.165) is 12.8 Å². The topological polar surface area (TPSA) is 18.5 Å². The first-order valence-corrected chi connectivity index (χ1v) is 9.13. The minimum Gasteiger partial charge on any atom is -0.410 e. The molecule has 1 fully saturated rings. The average Bonchev–Trinajstić information content (AvgIpc) is 2.47. The molecule has 2 nitrogen and oxygen atoms in total. The van der Waals surface area contributed by atoms with Gasteiger partial charge < -0.3 is 9.16 Å². The standard InChI is InChI=1S/C12H24O2Si/c1-7-10-8-9-11(13-10)12(2,3)14-15(4,5)6/h7,10-11H,1,8-9H2,2-6H3/t10-,11-/m1/s1. The highest BCUT2D eigenvalue weighted by atomic mass is 28.4. The first-order chi connectivity index (χ1) is 6.74. The molecule has 15 heavy (non-hydrogen) atoms. The number of ether oxygens (including phenoxy) is 1. The Balaban J connectivity index is 2.59. The lowest BCUT2D eigenvalue weighted by Gasteiger charge is -2.37. The van der Waals surface area contributed by atoms with E-state index in [-0.39, 0.29) is 17.8 Å². The maximum Gasteiger partial charge on any atom is 0.184 e. The van der Waals surface area contributed by atoms with E-state index in [0.29, 0.717) is 0 Å². The predicted octanol–water partition coefficient (Wildman–Crippen LogP) is 3.35. The summed E-state index contributed by atoms with van der Waals surface area (Å²) < 4.78 is 12.1. The zero-order chi connectivity index (χ0) is 11.7. The van der Waals surface area contributed by atoms with Crippen LogP contribution in [0.2, 0.25) is 19.6 Å². The molecule has 1 rings (SSSR count). The van der Waals surface area contributed by atoms with Crippen LogP contribution in [0.25, 0.3) is 0 Å². The molecule has 88 valence electrons. The number of hydrogen-bond acceptors (Lipinski definition) is 2. The molecule has 0 bridgehead atoms. The molecule has 0 radical (unpaired) electrons. The zero-order valence-electron chi connectivity index (χ0n) is 10.7. The van der Waals surface area contributed by atoms with Crippen LogP contribution in [0.3, 0.4) is 0 Å². The smallest absolute Gasteiger partial charge is 0.184 e. The molecular formula is C12H24O2Si. The third kappa shape index (κ3) is 3.74. The number of rotatable bonds is 4. The molecule has 2 atom stereocenters. The molecule has 0 aromatic rings. The molecule has 0 aromatic carbocycles. The molecule has 0 spiro atoms. The summed E-state index contributed by atoms with van der Waals surface area (Å²) in [5, 5.41) is 0. The molecule has 1 aliphatic rings. The lowest BCUT2D eigenvalue weighted by molar-refractivity contribution is -0.0622. The Hall–Kier alpha value is -0.123. The van der Waals surface area contributed by atoms with Crippen molar-refractivity contribution < 1.29 is 9.16 Å². The van der Waals surface area contributed by atoms with Gasteiger partial charge in [-0.3, -0.25) is 0 Å². The Bertz CT molecular complexity index is 230. The van der Waals surface area contributed by atoms with Gasteiger partial charge in [-0.1, -0.05) is 6.08 Å². The van der Waals surface area contributed by atoms with E-state index in [1.807, 2.05) is 6.08 Å². The third-order valence-corrected chi connectivity index (χ3v) is 3.80. The fourth-order valence-electron chi connectivity index (χ4n) is 2.20. The fraction of sp³-hybridized carbons (Fsp3) is 0.833.